The Morgan fingerprint density at radius 3 is 3.27 bits per heavy atom. The lowest BCUT2D eigenvalue weighted by atomic mass is 10.1. The molecular weight excluding hydrogens is 150 g/mol. The molecule has 0 unspecified atom stereocenters. The van der Waals surface area contributed by atoms with Gasteiger partial charge in [0, 0.05) is 0 Å². The van der Waals surface area contributed by atoms with E-state index in [2.05, 4.69) is 5.32 Å². The van der Waals surface area contributed by atoms with Gasteiger partial charge in [0.05, 0.1) is 19.3 Å². The van der Waals surface area contributed by atoms with E-state index in [1.54, 1.807) is 0 Å². The number of carbonyl (C=O) groups is 1. The SMILES string of the molecule is O=C1N[C@H]2CO[C@@H](CO)[C@H]2O1. The molecule has 0 aromatic carbocycles. The first-order valence-electron chi connectivity index (χ1n) is 3.51. The van der Waals surface area contributed by atoms with Crippen LogP contribution in [-0.2, 0) is 9.47 Å². The monoisotopic (exact) mass is 159 g/mol. The van der Waals surface area contributed by atoms with E-state index in [0.717, 1.165) is 0 Å². The summed E-state index contributed by atoms with van der Waals surface area (Å²) < 4.78 is 9.98. The predicted molar refractivity (Wildman–Crippen MR) is 34.0 cm³/mol. The average Bonchev–Trinajstić information content (AvgIpc) is 2.45. The average molecular weight is 159 g/mol. The molecule has 2 fully saturated rings. The lowest BCUT2D eigenvalue weighted by Gasteiger charge is -2.11. The van der Waals surface area contributed by atoms with E-state index in [1.165, 1.54) is 0 Å². The van der Waals surface area contributed by atoms with Crippen LogP contribution in [0.25, 0.3) is 0 Å². The number of aliphatic hydroxyl groups excluding tert-OH is 1. The van der Waals surface area contributed by atoms with Gasteiger partial charge < -0.3 is 19.9 Å². The van der Waals surface area contributed by atoms with Gasteiger partial charge in [0.2, 0.25) is 0 Å². The molecule has 0 aromatic rings. The molecule has 0 saturated carbocycles. The molecule has 2 heterocycles. The topological polar surface area (TPSA) is 67.8 Å². The summed E-state index contributed by atoms with van der Waals surface area (Å²) in [6.07, 6.45) is -1.06. The first-order valence-corrected chi connectivity index (χ1v) is 3.51. The number of rotatable bonds is 1. The van der Waals surface area contributed by atoms with Crippen LogP contribution in [-0.4, -0.2) is 42.7 Å². The number of amides is 1. The van der Waals surface area contributed by atoms with Gasteiger partial charge >= 0.3 is 6.09 Å². The van der Waals surface area contributed by atoms with Gasteiger partial charge in [-0.25, -0.2) is 4.79 Å². The molecule has 3 atom stereocenters. The summed E-state index contributed by atoms with van der Waals surface area (Å²) in [5, 5.41) is 11.3. The Hall–Kier alpha value is -0.810. The van der Waals surface area contributed by atoms with Crippen LogP contribution in [0.15, 0.2) is 0 Å². The van der Waals surface area contributed by atoms with E-state index in [9.17, 15) is 4.79 Å². The lowest BCUT2D eigenvalue weighted by molar-refractivity contribution is 0.000997. The van der Waals surface area contributed by atoms with Crippen molar-refractivity contribution in [1.29, 1.82) is 0 Å². The molecule has 0 bridgehead atoms. The lowest BCUT2D eigenvalue weighted by Crippen LogP contribution is -2.33. The molecule has 2 N–H and O–H groups in total. The third-order valence-corrected chi connectivity index (χ3v) is 1.98. The van der Waals surface area contributed by atoms with Crippen molar-refractivity contribution in [3.8, 4) is 0 Å². The van der Waals surface area contributed by atoms with Crippen LogP contribution in [0.3, 0.4) is 0 Å². The molecule has 5 nitrogen and oxygen atoms in total. The van der Waals surface area contributed by atoms with Crippen LogP contribution < -0.4 is 5.32 Å². The maximum atomic E-state index is 10.6. The smallest absolute Gasteiger partial charge is 0.408 e. The standard InChI is InChI=1S/C6H9NO4/c8-1-4-5-3(2-10-4)7-6(9)11-5/h3-5,8H,1-2H2,(H,7,9)/t3-,4-,5-/m0/s1. The number of hydrogen-bond acceptors (Lipinski definition) is 4. The largest absolute Gasteiger partial charge is 0.441 e. The summed E-state index contributed by atoms with van der Waals surface area (Å²) in [4.78, 5) is 10.6. The summed E-state index contributed by atoms with van der Waals surface area (Å²) in [6.45, 7) is 0.331. The van der Waals surface area contributed by atoms with Crippen molar-refractivity contribution in [2.75, 3.05) is 13.2 Å². The summed E-state index contributed by atoms with van der Waals surface area (Å²) in [5.41, 5.74) is 0. The summed E-state index contributed by atoms with van der Waals surface area (Å²) in [7, 11) is 0. The van der Waals surface area contributed by atoms with Gasteiger partial charge in [-0.3, -0.25) is 0 Å². The highest BCUT2D eigenvalue weighted by Crippen LogP contribution is 2.21. The molecule has 0 aromatic heterocycles. The van der Waals surface area contributed by atoms with E-state index in [-0.39, 0.29) is 24.9 Å². The third kappa shape index (κ3) is 0.965. The zero-order valence-electron chi connectivity index (χ0n) is 5.82. The maximum absolute atomic E-state index is 10.6. The van der Waals surface area contributed by atoms with Crippen molar-refractivity contribution in [2.24, 2.45) is 0 Å². The van der Waals surface area contributed by atoms with Crippen LogP contribution in [0, 0.1) is 0 Å². The van der Waals surface area contributed by atoms with Crippen molar-refractivity contribution < 1.29 is 19.4 Å². The van der Waals surface area contributed by atoms with E-state index < -0.39 is 6.09 Å². The van der Waals surface area contributed by atoms with Crippen molar-refractivity contribution in [2.45, 2.75) is 18.2 Å². The Morgan fingerprint density at radius 1 is 1.73 bits per heavy atom. The van der Waals surface area contributed by atoms with Gasteiger partial charge in [0.1, 0.15) is 6.10 Å². The van der Waals surface area contributed by atoms with Gasteiger partial charge in [-0.2, -0.15) is 0 Å². The summed E-state index contributed by atoms with van der Waals surface area (Å²) in [6, 6.07) is -0.0698. The number of ether oxygens (including phenoxy) is 2. The molecule has 0 spiro atoms. The molecule has 2 rings (SSSR count). The minimum Gasteiger partial charge on any atom is -0.441 e. The number of aliphatic hydroxyl groups is 1. The van der Waals surface area contributed by atoms with Crippen LogP contribution in [0.5, 0.6) is 0 Å². The maximum Gasteiger partial charge on any atom is 0.408 e. The highest BCUT2D eigenvalue weighted by atomic mass is 16.6. The van der Waals surface area contributed by atoms with Crippen LogP contribution in [0.1, 0.15) is 0 Å². The second-order valence-electron chi connectivity index (χ2n) is 2.68. The van der Waals surface area contributed by atoms with Crippen LogP contribution in [0.2, 0.25) is 0 Å². The Kier molecular flexibility index (Phi) is 1.47. The Labute approximate surface area is 63.3 Å². The predicted octanol–water partition coefficient (Wildman–Crippen LogP) is -1.15. The number of fused-ring (bicyclic) bond motifs is 1. The first-order chi connectivity index (χ1) is 5.31. The van der Waals surface area contributed by atoms with Crippen LogP contribution in [0.4, 0.5) is 4.79 Å². The van der Waals surface area contributed by atoms with Crippen molar-refractivity contribution >= 4 is 6.09 Å². The molecule has 0 radical (unpaired) electrons. The first kappa shape index (κ1) is 6.87. The van der Waals surface area contributed by atoms with Crippen molar-refractivity contribution in [3.05, 3.63) is 0 Å². The quantitative estimate of drug-likeness (QED) is 0.507. The second kappa shape index (κ2) is 2.35. The third-order valence-electron chi connectivity index (χ3n) is 1.98. The van der Waals surface area contributed by atoms with Crippen molar-refractivity contribution in [1.82, 2.24) is 5.32 Å². The Morgan fingerprint density at radius 2 is 2.55 bits per heavy atom. The molecule has 1 amide bonds. The summed E-state index contributed by atoms with van der Waals surface area (Å²) in [5.74, 6) is 0. The molecule has 2 aliphatic heterocycles. The second-order valence-corrected chi connectivity index (χ2v) is 2.68. The molecular formula is C6H9NO4. The van der Waals surface area contributed by atoms with E-state index in [1.807, 2.05) is 0 Å². The number of hydrogen-bond donors (Lipinski definition) is 2. The van der Waals surface area contributed by atoms with Crippen molar-refractivity contribution in [3.63, 3.8) is 0 Å². The molecule has 0 aliphatic carbocycles. The van der Waals surface area contributed by atoms with Gasteiger partial charge in [-0.1, -0.05) is 0 Å². The normalized spacial score (nSPS) is 41.5. The highest BCUT2D eigenvalue weighted by Gasteiger charge is 2.45. The fourth-order valence-corrected chi connectivity index (χ4v) is 1.42. The molecule has 11 heavy (non-hydrogen) atoms. The van der Waals surface area contributed by atoms with Gasteiger partial charge in [-0.15, -0.1) is 0 Å². The van der Waals surface area contributed by atoms with E-state index in [4.69, 9.17) is 14.6 Å². The minimum atomic E-state index is -0.415. The van der Waals surface area contributed by atoms with Gasteiger partial charge in [0.25, 0.3) is 0 Å². The molecule has 2 aliphatic rings. The number of carbonyl (C=O) groups excluding carboxylic acids is 1. The zero-order chi connectivity index (χ0) is 7.84. The molecule has 62 valence electrons. The van der Waals surface area contributed by atoms with Crippen LogP contribution >= 0.6 is 0 Å². The zero-order valence-corrected chi connectivity index (χ0v) is 5.82. The number of alkyl carbamates (subject to hydrolysis) is 1. The van der Waals surface area contributed by atoms with E-state index >= 15 is 0 Å². The van der Waals surface area contributed by atoms with E-state index in [0.29, 0.717) is 6.61 Å². The minimum absolute atomic E-state index is 0.0698. The van der Waals surface area contributed by atoms with Gasteiger partial charge in [-0.05, 0) is 0 Å². The highest BCUT2D eigenvalue weighted by molar-refractivity contribution is 5.70. The fourth-order valence-electron chi connectivity index (χ4n) is 1.42. The Bertz CT molecular complexity index is 183. The molecule has 5 heteroatoms. The number of nitrogens with one attached hydrogen (secondary N) is 1. The Balaban J connectivity index is 2.07. The summed E-state index contributed by atoms with van der Waals surface area (Å²) >= 11 is 0. The van der Waals surface area contributed by atoms with Gasteiger partial charge in [0.15, 0.2) is 6.10 Å². The molecule has 2 saturated heterocycles. The fraction of sp³-hybridized carbons (Fsp3) is 0.833.